The molecule has 0 fully saturated rings. The monoisotopic (exact) mass is 261 g/mol. The molecule has 0 saturated carbocycles. The van der Waals surface area contributed by atoms with Gasteiger partial charge in [-0.2, -0.15) is 0 Å². The molecule has 0 aromatic heterocycles. The van der Waals surface area contributed by atoms with Crippen molar-refractivity contribution < 1.29 is 14.7 Å². The lowest BCUT2D eigenvalue weighted by Crippen LogP contribution is -2.40. The van der Waals surface area contributed by atoms with Gasteiger partial charge in [0.1, 0.15) is 6.04 Å². The molecule has 0 aliphatic heterocycles. The maximum absolute atomic E-state index is 11.7. The van der Waals surface area contributed by atoms with Gasteiger partial charge >= 0.3 is 5.97 Å². The standard InChI is InChI=1S/C15H19NO3/c1-11(2)10-13(15(18)19)16-14(17)9-8-12-6-4-3-5-7-12/h3-7,13H,1,8-10H2,2H3,(H,16,17)(H,18,19)/t13-/m1/s1. The Labute approximate surface area is 113 Å². The van der Waals surface area contributed by atoms with Gasteiger partial charge in [0, 0.05) is 6.42 Å². The van der Waals surface area contributed by atoms with Crippen LogP contribution in [0.2, 0.25) is 0 Å². The molecule has 1 aromatic carbocycles. The minimum absolute atomic E-state index is 0.252. The lowest BCUT2D eigenvalue weighted by molar-refractivity contribution is -0.141. The average Bonchev–Trinajstić information content (AvgIpc) is 2.36. The predicted octanol–water partition coefficient (Wildman–Crippen LogP) is 2.15. The molecule has 0 aliphatic rings. The van der Waals surface area contributed by atoms with Gasteiger partial charge in [0.2, 0.25) is 5.91 Å². The number of hydrogen-bond donors (Lipinski definition) is 2. The van der Waals surface area contributed by atoms with Crippen LogP contribution in [0, 0.1) is 0 Å². The van der Waals surface area contributed by atoms with Crippen molar-refractivity contribution in [2.45, 2.75) is 32.2 Å². The number of aliphatic carboxylic acids is 1. The number of carbonyl (C=O) groups is 2. The van der Waals surface area contributed by atoms with Gasteiger partial charge in [0.15, 0.2) is 0 Å². The highest BCUT2D eigenvalue weighted by Crippen LogP contribution is 2.05. The van der Waals surface area contributed by atoms with E-state index in [1.165, 1.54) is 0 Å². The lowest BCUT2D eigenvalue weighted by Gasteiger charge is -2.14. The molecule has 0 spiro atoms. The Hall–Kier alpha value is -2.10. The molecule has 0 bridgehead atoms. The molecule has 102 valence electrons. The van der Waals surface area contributed by atoms with Crippen LogP contribution in [0.25, 0.3) is 0 Å². The zero-order valence-electron chi connectivity index (χ0n) is 11.1. The Morgan fingerprint density at radius 2 is 1.95 bits per heavy atom. The molecule has 1 atom stereocenters. The summed E-state index contributed by atoms with van der Waals surface area (Å²) in [5.41, 5.74) is 1.79. The van der Waals surface area contributed by atoms with E-state index >= 15 is 0 Å². The quantitative estimate of drug-likeness (QED) is 0.739. The minimum Gasteiger partial charge on any atom is -0.480 e. The highest BCUT2D eigenvalue weighted by molar-refractivity contribution is 5.83. The zero-order valence-corrected chi connectivity index (χ0v) is 11.1. The summed E-state index contributed by atoms with van der Waals surface area (Å²) in [4.78, 5) is 22.7. The van der Waals surface area contributed by atoms with Crippen molar-refractivity contribution in [1.82, 2.24) is 5.32 Å². The predicted molar refractivity (Wildman–Crippen MR) is 73.8 cm³/mol. The number of benzene rings is 1. The summed E-state index contributed by atoms with van der Waals surface area (Å²) in [7, 11) is 0. The highest BCUT2D eigenvalue weighted by Gasteiger charge is 2.19. The Morgan fingerprint density at radius 1 is 1.32 bits per heavy atom. The summed E-state index contributed by atoms with van der Waals surface area (Å²) in [5, 5.41) is 11.5. The van der Waals surface area contributed by atoms with Gasteiger partial charge in [0.25, 0.3) is 0 Å². The second-order valence-electron chi connectivity index (χ2n) is 4.61. The largest absolute Gasteiger partial charge is 0.480 e. The van der Waals surface area contributed by atoms with E-state index in [-0.39, 0.29) is 18.7 Å². The normalized spacial score (nSPS) is 11.6. The maximum atomic E-state index is 11.7. The van der Waals surface area contributed by atoms with Crippen LogP contribution >= 0.6 is 0 Å². The first-order valence-corrected chi connectivity index (χ1v) is 6.19. The minimum atomic E-state index is -1.03. The Bertz CT molecular complexity index is 454. The molecule has 1 aromatic rings. The third-order valence-electron chi connectivity index (χ3n) is 2.67. The average molecular weight is 261 g/mol. The molecule has 1 amide bonds. The van der Waals surface area contributed by atoms with Gasteiger partial charge in [-0.15, -0.1) is 6.58 Å². The fraction of sp³-hybridized carbons (Fsp3) is 0.333. The summed E-state index contributed by atoms with van der Waals surface area (Å²) in [6.07, 6.45) is 1.14. The van der Waals surface area contributed by atoms with Gasteiger partial charge in [-0.05, 0) is 25.3 Å². The molecule has 0 heterocycles. The lowest BCUT2D eigenvalue weighted by atomic mass is 10.1. The first-order chi connectivity index (χ1) is 8.99. The number of hydrogen-bond acceptors (Lipinski definition) is 2. The van der Waals surface area contributed by atoms with E-state index in [9.17, 15) is 9.59 Å². The van der Waals surface area contributed by atoms with E-state index in [4.69, 9.17) is 5.11 Å². The van der Waals surface area contributed by atoms with E-state index in [0.717, 1.165) is 11.1 Å². The summed E-state index contributed by atoms with van der Waals surface area (Å²) in [6, 6.07) is 8.73. The summed E-state index contributed by atoms with van der Waals surface area (Å²) < 4.78 is 0. The first-order valence-electron chi connectivity index (χ1n) is 6.19. The van der Waals surface area contributed by atoms with Gasteiger partial charge in [-0.25, -0.2) is 4.79 Å². The zero-order chi connectivity index (χ0) is 14.3. The van der Waals surface area contributed by atoms with Gasteiger partial charge in [-0.3, -0.25) is 4.79 Å². The van der Waals surface area contributed by atoms with E-state index in [2.05, 4.69) is 11.9 Å². The molecule has 4 heteroatoms. The van der Waals surface area contributed by atoms with Crippen molar-refractivity contribution in [1.29, 1.82) is 0 Å². The number of carbonyl (C=O) groups excluding carboxylic acids is 1. The summed E-state index contributed by atoms with van der Waals surface area (Å²) in [5.74, 6) is -1.28. The molecule has 0 unspecified atom stereocenters. The number of carboxylic acids is 1. The third-order valence-corrected chi connectivity index (χ3v) is 2.67. The number of carboxylic acid groups (broad SMARTS) is 1. The fourth-order valence-corrected chi connectivity index (χ4v) is 1.72. The van der Waals surface area contributed by atoms with Gasteiger partial charge in [0.05, 0.1) is 0 Å². The summed E-state index contributed by atoms with van der Waals surface area (Å²) in [6.45, 7) is 5.41. The summed E-state index contributed by atoms with van der Waals surface area (Å²) >= 11 is 0. The third kappa shape index (κ3) is 5.86. The molecule has 2 N–H and O–H groups in total. The number of amides is 1. The molecule has 1 rings (SSSR count). The molecule has 19 heavy (non-hydrogen) atoms. The van der Waals surface area contributed by atoms with E-state index in [1.54, 1.807) is 6.92 Å². The van der Waals surface area contributed by atoms with Crippen LogP contribution < -0.4 is 5.32 Å². The van der Waals surface area contributed by atoms with Gasteiger partial charge in [-0.1, -0.05) is 35.9 Å². The SMILES string of the molecule is C=C(C)C[C@@H](NC(=O)CCc1ccccc1)C(=O)O. The van der Waals surface area contributed by atoms with Crippen LogP contribution in [0.3, 0.4) is 0 Å². The second kappa shape index (κ2) is 7.36. The fourth-order valence-electron chi connectivity index (χ4n) is 1.72. The van der Waals surface area contributed by atoms with Crippen molar-refractivity contribution in [3.8, 4) is 0 Å². The number of aryl methyl sites for hydroxylation is 1. The van der Waals surface area contributed by atoms with Crippen molar-refractivity contribution >= 4 is 11.9 Å². The molecular weight excluding hydrogens is 242 g/mol. The van der Waals surface area contributed by atoms with Crippen LogP contribution in [0.5, 0.6) is 0 Å². The smallest absolute Gasteiger partial charge is 0.326 e. The second-order valence-corrected chi connectivity index (χ2v) is 4.61. The van der Waals surface area contributed by atoms with Crippen LogP contribution in [0.15, 0.2) is 42.5 Å². The van der Waals surface area contributed by atoms with Crippen LogP contribution in [0.4, 0.5) is 0 Å². The molecule has 0 radical (unpaired) electrons. The Balaban J connectivity index is 2.45. The van der Waals surface area contributed by atoms with Crippen molar-refractivity contribution in [3.05, 3.63) is 48.0 Å². The molecule has 0 saturated heterocycles. The van der Waals surface area contributed by atoms with E-state index in [1.807, 2.05) is 30.3 Å². The van der Waals surface area contributed by atoms with Crippen molar-refractivity contribution in [3.63, 3.8) is 0 Å². The van der Waals surface area contributed by atoms with Gasteiger partial charge < -0.3 is 10.4 Å². The number of rotatable bonds is 7. The van der Waals surface area contributed by atoms with Crippen LogP contribution in [-0.2, 0) is 16.0 Å². The highest BCUT2D eigenvalue weighted by atomic mass is 16.4. The Morgan fingerprint density at radius 3 is 2.47 bits per heavy atom. The van der Waals surface area contributed by atoms with Crippen LogP contribution in [-0.4, -0.2) is 23.0 Å². The first kappa shape index (κ1) is 15.0. The van der Waals surface area contributed by atoms with Crippen molar-refractivity contribution in [2.24, 2.45) is 0 Å². The molecule has 4 nitrogen and oxygen atoms in total. The number of nitrogens with one attached hydrogen (secondary N) is 1. The molecule has 0 aliphatic carbocycles. The maximum Gasteiger partial charge on any atom is 0.326 e. The van der Waals surface area contributed by atoms with Crippen molar-refractivity contribution in [2.75, 3.05) is 0 Å². The molecular formula is C15H19NO3. The topological polar surface area (TPSA) is 66.4 Å². The van der Waals surface area contributed by atoms with Crippen LogP contribution in [0.1, 0.15) is 25.3 Å². The Kier molecular flexibility index (Phi) is 5.79. The van der Waals surface area contributed by atoms with E-state index in [0.29, 0.717) is 6.42 Å². The van der Waals surface area contributed by atoms with E-state index < -0.39 is 12.0 Å².